The third kappa shape index (κ3) is 4.30. The molecule has 0 aromatic heterocycles. The van der Waals surface area contributed by atoms with Gasteiger partial charge in [-0.2, -0.15) is 0 Å². The second-order valence-corrected chi connectivity index (χ2v) is 6.68. The molecule has 1 fully saturated rings. The quantitative estimate of drug-likeness (QED) is 0.580. The van der Waals surface area contributed by atoms with Gasteiger partial charge < -0.3 is 14.2 Å². The van der Waals surface area contributed by atoms with Crippen molar-refractivity contribution in [3.05, 3.63) is 59.7 Å². The highest BCUT2D eigenvalue weighted by Gasteiger charge is 2.33. The third-order valence-electron chi connectivity index (χ3n) is 5.09. The molecule has 0 amide bonds. The van der Waals surface area contributed by atoms with Crippen LogP contribution in [0.1, 0.15) is 47.5 Å². The van der Waals surface area contributed by atoms with E-state index in [2.05, 4.69) is 12.1 Å². The average molecular weight is 368 g/mol. The maximum absolute atomic E-state index is 12.9. The van der Waals surface area contributed by atoms with E-state index in [1.807, 2.05) is 18.2 Å². The van der Waals surface area contributed by atoms with Gasteiger partial charge in [0.15, 0.2) is 0 Å². The molecule has 0 aliphatic heterocycles. The molecule has 0 N–H and O–H groups in total. The molecule has 0 radical (unpaired) electrons. The van der Waals surface area contributed by atoms with Crippen LogP contribution >= 0.6 is 0 Å². The van der Waals surface area contributed by atoms with Gasteiger partial charge in [0, 0.05) is 6.07 Å². The molecule has 2 aromatic carbocycles. The number of carbonyl (C=O) groups excluding carboxylic acids is 2. The van der Waals surface area contributed by atoms with E-state index < -0.39 is 5.97 Å². The Balaban J connectivity index is 1.78. The molecular formula is C22H24O5. The predicted octanol–water partition coefficient (Wildman–Crippen LogP) is 4.36. The first kappa shape index (κ1) is 19.0. The zero-order valence-corrected chi connectivity index (χ0v) is 15.6. The van der Waals surface area contributed by atoms with Crippen molar-refractivity contribution >= 4 is 11.9 Å². The number of rotatable bonds is 5. The molecule has 5 heteroatoms. The van der Waals surface area contributed by atoms with Crippen molar-refractivity contribution in [2.24, 2.45) is 5.92 Å². The second-order valence-electron chi connectivity index (χ2n) is 6.68. The lowest BCUT2D eigenvalue weighted by atomic mass is 9.75. The first-order chi connectivity index (χ1) is 13.1. The van der Waals surface area contributed by atoms with Gasteiger partial charge in [-0.15, -0.1) is 0 Å². The molecule has 0 heterocycles. The van der Waals surface area contributed by atoms with Crippen molar-refractivity contribution in [2.75, 3.05) is 14.2 Å². The summed E-state index contributed by atoms with van der Waals surface area (Å²) in [6, 6.07) is 14.8. The smallest absolute Gasteiger partial charge is 0.341 e. The van der Waals surface area contributed by atoms with Gasteiger partial charge in [-0.25, -0.2) is 4.79 Å². The SMILES string of the molecule is COC(=O)c1ccc(OC(=O)C2CCCCC2c2ccccc2)cc1OC. The standard InChI is InChI=1S/C22H24O5/c1-25-20-14-16(12-13-19(20)21(23)26-2)27-22(24)18-11-7-6-10-17(18)15-8-4-3-5-9-15/h3-5,8-9,12-14,17-18H,6-7,10-11H2,1-2H3. The number of hydrogen-bond donors (Lipinski definition) is 0. The third-order valence-corrected chi connectivity index (χ3v) is 5.09. The summed E-state index contributed by atoms with van der Waals surface area (Å²) in [7, 11) is 2.77. The van der Waals surface area contributed by atoms with Crippen molar-refractivity contribution in [3.8, 4) is 11.5 Å². The van der Waals surface area contributed by atoms with Crippen LogP contribution < -0.4 is 9.47 Å². The van der Waals surface area contributed by atoms with Gasteiger partial charge in [-0.05, 0) is 36.5 Å². The maximum Gasteiger partial charge on any atom is 0.341 e. The van der Waals surface area contributed by atoms with Crippen LogP contribution in [0.3, 0.4) is 0 Å². The number of methoxy groups -OCH3 is 2. The Morgan fingerprint density at radius 1 is 0.963 bits per heavy atom. The summed E-state index contributed by atoms with van der Waals surface area (Å²) < 4.78 is 15.6. The molecule has 2 unspecified atom stereocenters. The molecule has 2 aromatic rings. The molecule has 0 saturated heterocycles. The fourth-order valence-electron chi connectivity index (χ4n) is 3.72. The number of ether oxygens (including phenoxy) is 3. The second kappa shape index (κ2) is 8.71. The van der Waals surface area contributed by atoms with Crippen LogP contribution in [0.15, 0.2) is 48.5 Å². The van der Waals surface area contributed by atoms with Gasteiger partial charge in [-0.1, -0.05) is 43.2 Å². The molecule has 1 aliphatic rings. The number of hydrogen-bond acceptors (Lipinski definition) is 5. The molecule has 1 saturated carbocycles. The topological polar surface area (TPSA) is 61.8 Å². The highest BCUT2D eigenvalue weighted by Crippen LogP contribution is 2.39. The molecule has 142 valence electrons. The Hall–Kier alpha value is -2.82. The van der Waals surface area contributed by atoms with E-state index in [1.54, 1.807) is 18.2 Å². The van der Waals surface area contributed by atoms with Gasteiger partial charge in [0.2, 0.25) is 0 Å². The highest BCUT2D eigenvalue weighted by atomic mass is 16.5. The van der Waals surface area contributed by atoms with E-state index in [1.165, 1.54) is 19.8 Å². The largest absolute Gasteiger partial charge is 0.496 e. The van der Waals surface area contributed by atoms with Crippen LogP contribution in [0.25, 0.3) is 0 Å². The fraction of sp³-hybridized carbons (Fsp3) is 0.364. The van der Waals surface area contributed by atoms with Crippen molar-refractivity contribution in [1.82, 2.24) is 0 Å². The lowest BCUT2D eigenvalue weighted by molar-refractivity contribution is -0.140. The van der Waals surface area contributed by atoms with Crippen LogP contribution in [-0.4, -0.2) is 26.2 Å². The summed E-state index contributed by atoms with van der Waals surface area (Å²) in [6.07, 6.45) is 3.93. The first-order valence-electron chi connectivity index (χ1n) is 9.17. The van der Waals surface area contributed by atoms with Crippen molar-refractivity contribution in [3.63, 3.8) is 0 Å². The summed E-state index contributed by atoms with van der Waals surface area (Å²) in [4.78, 5) is 24.6. The number of carbonyl (C=O) groups is 2. The van der Waals surface area contributed by atoms with Gasteiger partial charge >= 0.3 is 11.9 Å². The Morgan fingerprint density at radius 2 is 1.70 bits per heavy atom. The summed E-state index contributed by atoms with van der Waals surface area (Å²) >= 11 is 0. The van der Waals surface area contributed by atoms with Crippen LogP contribution in [0.2, 0.25) is 0 Å². The predicted molar refractivity (Wildman–Crippen MR) is 101 cm³/mol. The van der Waals surface area contributed by atoms with Crippen molar-refractivity contribution in [1.29, 1.82) is 0 Å². The zero-order chi connectivity index (χ0) is 19.2. The van der Waals surface area contributed by atoms with Crippen molar-refractivity contribution in [2.45, 2.75) is 31.6 Å². The maximum atomic E-state index is 12.9. The van der Waals surface area contributed by atoms with E-state index in [0.717, 1.165) is 25.7 Å². The normalized spacial score (nSPS) is 19.2. The summed E-state index contributed by atoms with van der Waals surface area (Å²) in [5, 5.41) is 0. The Kier molecular flexibility index (Phi) is 6.12. The van der Waals surface area contributed by atoms with Crippen LogP contribution in [-0.2, 0) is 9.53 Å². The number of esters is 2. The average Bonchev–Trinajstić information content (AvgIpc) is 2.73. The van der Waals surface area contributed by atoms with E-state index in [9.17, 15) is 9.59 Å². The van der Waals surface area contributed by atoms with Gasteiger partial charge in [0.25, 0.3) is 0 Å². The van der Waals surface area contributed by atoms with E-state index in [-0.39, 0.29) is 17.8 Å². The van der Waals surface area contributed by atoms with E-state index in [0.29, 0.717) is 17.1 Å². The molecule has 2 atom stereocenters. The minimum absolute atomic E-state index is 0.170. The van der Waals surface area contributed by atoms with Crippen molar-refractivity contribution < 1.29 is 23.8 Å². The molecule has 3 rings (SSSR count). The molecule has 0 spiro atoms. The van der Waals surface area contributed by atoms with E-state index >= 15 is 0 Å². The molecule has 27 heavy (non-hydrogen) atoms. The first-order valence-corrected chi connectivity index (χ1v) is 9.17. The summed E-state index contributed by atoms with van der Waals surface area (Å²) in [6.45, 7) is 0. The highest BCUT2D eigenvalue weighted by molar-refractivity contribution is 5.92. The van der Waals surface area contributed by atoms with Gasteiger partial charge in [0.05, 0.1) is 20.1 Å². The zero-order valence-electron chi connectivity index (χ0n) is 15.6. The molecule has 5 nitrogen and oxygen atoms in total. The lowest BCUT2D eigenvalue weighted by Gasteiger charge is -2.30. The summed E-state index contributed by atoms with van der Waals surface area (Å²) in [5.74, 6) is -0.0639. The molecule has 1 aliphatic carbocycles. The van der Waals surface area contributed by atoms with Crippen LogP contribution in [0.5, 0.6) is 11.5 Å². The summed E-state index contributed by atoms with van der Waals surface area (Å²) in [5.41, 5.74) is 1.47. The fourth-order valence-corrected chi connectivity index (χ4v) is 3.72. The van der Waals surface area contributed by atoms with Crippen LogP contribution in [0.4, 0.5) is 0 Å². The Morgan fingerprint density at radius 3 is 2.41 bits per heavy atom. The molecular weight excluding hydrogens is 344 g/mol. The lowest BCUT2D eigenvalue weighted by Crippen LogP contribution is -2.29. The monoisotopic (exact) mass is 368 g/mol. The Labute approximate surface area is 159 Å². The van der Waals surface area contributed by atoms with Gasteiger partial charge in [0.1, 0.15) is 17.1 Å². The minimum Gasteiger partial charge on any atom is -0.496 e. The molecule has 0 bridgehead atoms. The van der Waals surface area contributed by atoms with Crippen LogP contribution in [0, 0.1) is 5.92 Å². The van der Waals surface area contributed by atoms with E-state index in [4.69, 9.17) is 14.2 Å². The Bertz CT molecular complexity index is 800. The number of benzene rings is 2. The minimum atomic E-state index is -0.499. The van der Waals surface area contributed by atoms with Gasteiger partial charge in [-0.3, -0.25) is 4.79 Å².